The third-order valence-corrected chi connectivity index (χ3v) is 5.75. The van der Waals surface area contributed by atoms with E-state index in [0.29, 0.717) is 25.7 Å². The van der Waals surface area contributed by atoms with Crippen LogP contribution in [0.1, 0.15) is 74.6 Å². The van der Waals surface area contributed by atoms with Crippen molar-refractivity contribution in [3.05, 3.63) is 46.5 Å². The van der Waals surface area contributed by atoms with Crippen LogP contribution in [0.4, 0.5) is 0 Å². The van der Waals surface area contributed by atoms with E-state index in [-0.39, 0.29) is 17.6 Å². The van der Waals surface area contributed by atoms with Gasteiger partial charge < -0.3 is 18.9 Å². The number of Topliss-reactive ketones (excluding diaryl/α,β-unsaturated/α-hetero) is 1. The Balaban J connectivity index is 2.07. The second kappa shape index (κ2) is 11.8. The fourth-order valence-electron chi connectivity index (χ4n) is 4.11. The molecule has 176 valence electrons. The van der Waals surface area contributed by atoms with Crippen molar-refractivity contribution < 1.29 is 23.7 Å². The molecule has 0 saturated carbocycles. The van der Waals surface area contributed by atoms with Crippen LogP contribution in [0.2, 0.25) is 0 Å². The highest BCUT2D eigenvalue weighted by atomic mass is 16.5. The van der Waals surface area contributed by atoms with Crippen molar-refractivity contribution in [1.82, 2.24) is 0 Å². The van der Waals surface area contributed by atoms with Gasteiger partial charge in [-0.05, 0) is 60.1 Å². The van der Waals surface area contributed by atoms with Gasteiger partial charge in [-0.1, -0.05) is 27.7 Å². The first-order chi connectivity index (χ1) is 15.2. The number of rotatable bonds is 12. The molecule has 0 atom stereocenters. The third-order valence-electron chi connectivity index (χ3n) is 5.75. The van der Waals surface area contributed by atoms with Crippen LogP contribution < -0.4 is 18.9 Å². The second-order valence-electron chi connectivity index (χ2n) is 8.68. The van der Waals surface area contributed by atoms with Gasteiger partial charge in [0.1, 0.15) is 28.8 Å². The van der Waals surface area contributed by atoms with Crippen LogP contribution in [0.15, 0.2) is 24.3 Å². The van der Waals surface area contributed by atoms with E-state index in [4.69, 9.17) is 18.9 Å². The minimum Gasteiger partial charge on any atom is -0.496 e. The van der Waals surface area contributed by atoms with Gasteiger partial charge in [-0.3, -0.25) is 4.79 Å². The van der Waals surface area contributed by atoms with Gasteiger partial charge in [-0.2, -0.15) is 0 Å². The summed E-state index contributed by atoms with van der Waals surface area (Å²) >= 11 is 0. The van der Waals surface area contributed by atoms with Crippen molar-refractivity contribution in [3.8, 4) is 23.0 Å². The number of benzene rings is 2. The molecule has 0 amide bonds. The molecule has 2 aromatic rings. The molecule has 0 heterocycles. The quantitative estimate of drug-likeness (QED) is 0.397. The minimum atomic E-state index is 0.224. The van der Waals surface area contributed by atoms with Crippen molar-refractivity contribution in [2.24, 2.45) is 0 Å². The maximum Gasteiger partial charge on any atom is 0.133 e. The van der Waals surface area contributed by atoms with Crippen molar-refractivity contribution >= 4 is 5.78 Å². The summed E-state index contributed by atoms with van der Waals surface area (Å²) in [5.41, 5.74) is 4.19. The Morgan fingerprint density at radius 3 is 1.12 bits per heavy atom. The van der Waals surface area contributed by atoms with E-state index in [0.717, 1.165) is 45.3 Å². The van der Waals surface area contributed by atoms with E-state index >= 15 is 0 Å². The summed E-state index contributed by atoms with van der Waals surface area (Å²) in [6, 6.07) is 8.08. The molecule has 5 nitrogen and oxygen atoms in total. The molecule has 0 unspecified atom stereocenters. The average molecular weight is 443 g/mol. The molecule has 2 rings (SSSR count). The molecule has 0 bridgehead atoms. The van der Waals surface area contributed by atoms with Gasteiger partial charge in [0.05, 0.1) is 28.4 Å². The number of carbonyl (C=O) groups excluding carboxylic acids is 1. The Morgan fingerprint density at radius 1 is 0.625 bits per heavy atom. The molecule has 0 N–H and O–H groups in total. The zero-order chi connectivity index (χ0) is 23.8. The minimum absolute atomic E-state index is 0.224. The van der Waals surface area contributed by atoms with Crippen molar-refractivity contribution in [2.75, 3.05) is 28.4 Å². The Labute approximate surface area is 193 Å². The van der Waals surface area contributed by atoms with E-state index in [1.165, 1.54) is 0 Å². The lowest BCUT2D eigenvalue weighted by Gasteiger charge is -2.18. The van der Waals surface area contributed by atoms with Gasteiger partial charge in [0.2, 0.25) is 0 Å². The van der Waals surface area contributed by atoms with E-state index in [1.54, 1.807) is 28.4 Å². The summed E-state index contributed by atoms with van der Waals surface area (Å²) in [4.78, 5) is 12.6. The van der Waals surface area contributed by atoms with Gasteiger partial charge in [0.25, 0.3) is 0 Å². The largest absolute Gasteiger partial charge is 0.496 e. The average Bonchev–Trinajstić information content (AvgIpc) is 2.79. The summed E-state index contributed by atoms with van der Waals surface area (Å²) in [7, 11) is 6.68. The summed E-state index contributed by atoms with van der Waals surface area (Å²) < 4.78 is 22.3. The normalized spacial score (nSPS) is 11.1. The topological polar surface area (TPSA) is 54.0 Å². The first-order valence-corrected chi connectivity index (χ1v) is 11.3. The summed E-state index contributed by atoms with van der Waals surface area (Å²) in [5, 5.41) is 0. The Bertz CT molecular complexity index is 791. The first kappa shape index (κ1) is 25.6. The SMILES string of the molecule is COc1cc(CCC(=O)CCc2cc(OC)c(C(C)C)c(OC)c2)cc(OC)c1C(C)C. The molecule has 5 heteroatoms. The monoisotopic (exact) mass is 442 g/mol. The molecule has 0 aromatic heterocycles. The molecule has 0 aliphatic heterocycles. The summed E-state index contributed by atoms with van der Waals surface area (Å²) in [6.45, 7) is 8.45. The molecule has 0 fully saturated rings. The van der Waals surface area contributed by atoms with E-state index < -0.39 is 0 Å². The lowest BCUT2D eigenvalue weighted by molar-refractivity contribution is -0.119. The standard InChI is InChI=1S/C27H38O5/c1-17(2)26-22(29-5)13-19(14-23(26)30-6)9-11-21(28)12-10-20-15-24(31-7)27(18(3)4)25(16-20)32-8/h13-18H,9-12H2,1-8H3. The Hall–Kier alpha value is -2.69. The molecule has 2 aromatic carbocycles. The molecule has 0 aliphatic carbocycles. The highest BCUT2D eigenvalue weighted by Gasteiger charge is 2.18. The molecule has 0 radical (unpaired) electrons. The number of ketones is 1. The molecule has 0 aliphatic rings. The zero-order valence-corrected chi connectivity index (χ0v) is 20.8. The molecular weight excluding hydrogens is 404 g/mol. The van der Waals surface area contributed by atoms with Gasteiger partial charge >= 0.3 is 0 Å². The smallest absolute Gasteiger partial charge is 0.133 e. The molecule has 32 heavy (non-hydrogen) atoms. The number of carbonyl (C=O) groups is 1. The predicted octanol–water partition coefficient (Wildman–Crippen LogP) is 6.10. The predicted molar refractivity (Wildman–Crippen MR) is 129 cm³/mol. The van der Waals surface area contributed by atoms with Crippen LogP contribution in [-0.4, -0.2) is 34.2 Å². The number of aryl methyl sites for hydroxylation is 2. The summed E-state index contributed by atoms with van der Waals surface area (Å²) in [5.74, 6) is 4.04. The lowest BCUT2D eigenvalue weighted by Crippen LogP contribution is -2.05. The maximum absolute atomic E-state index is 12.6. The molecular formula is C27H38O5. The fourth-order valence-corrected chi connectivity index (χ4v) is 4.11. The van der Waals surface area contributed by atoms with E-state index in [2.05, 4.69) is 27.7 Å². The number of ether oxygens (including phenoxy) is 4. The van der Waals surface area contributed by atoms with Gasteiger partial charge in [-0.25, -0.2) is 0 Å². The van der Waals surface area contributed by atoms with Crippen molar-refractivity contribution in [2.45, 2.75) is 65.2 Å². The molecule has 0 spiro atoms. The van der Waals surface area contributed by atoms with Crippen molar-refractivity contribution in [1.29, 1.82) is 0 Å². The van der Waals surface area contributed by atoms with Crippen LogP contribution in [0.3, 0.4) is 0 Å². The van der Waals surface area contributed by atoms with Crippen LogP contribution in [0, 0.1) is 0 Å². The Morgan fingerprint density at radius 2 is 0.906 bits per heavy atom. The number of methoxy groups -OCH3 is 4. The Kier molecular flexibility index (Phi) is 9.42. The molecule has 0 saturated heterocycles. The second-order valence-corrected chi connectivity index (χ2v) is 8.68. The fraction of sp³-hybridized carbons (Fsp3) is 0.519. The highest BCUT2D eigenvalue weighted by molar-refractivity contribution is 5.79. The van der Waals surface area contributed by atoms with E-state index in [1.807, 2.05) is 24.3 Å². The summed E-state index contributed by atoms with van der Waals surface area (Å²) in [6.07, 6.45) is 2.27. The van der Waals surface area contributed by atoms with Gasteiger partial charge in [-0.15, -0.1) is 0 Å². The third kappa shape index (κ3) is 6.18. The van der Waals surface area contributed by atoms with Crippen LogP contribution in [0.25, 0.3) is 0 Å². The van der Waals surface area contributed by atoms with Gasteiger partial charge in [0.15, 0.2) is 0 Å². The van der Waals surface area contributed by atoms with E-state index in [9.17, 15) is 4.79 Å². The van der Waals surface area contributed by atoms with Crippen LogP contribution in [0.5, 0.6) is 23.0 Å². The number of hydrogen-bond donors (Lipinski definition) is 0. The first-order valence-electron chi connectivity index (χ1n) is 11.3. The van der Waals surface area contributed by atoms with Crippen molar-refractivity contribution in [3.63, 3.8) is 0 Å². The van der Waals surface area contributed by atoms with Gasteiger partial charge in [0, 0.05) is 24.0 Å². The van der Waals surface area contributed by atoms with Crippen LogP contribution >= 0.6 is 0 Å². The zero-order valence-electron chi connectivity index (χ0n) is 20.8. The maximum atomic E-state index is 12.6. The highest BCUT2D eigenvalue weighted by Crippen LogP contribution is 2.38. The number of hydrogen-bond acceptors (Lipinski definition) is 5. The van der Waals surface area contributed by atoms with Crippen LogP contribution in [-0.2, 0) is 17.6 Å². The lowest BCUT2D eigenvalue weighted by atomic mass is 9.95.